The van der Waals surface area contributed by atoms with Gasteiger partial charge in [-0.25, -0.2) is 0 Å². The van der Waals surface area contributed by atoms with E-state index in [1.807, 2.05) is 51.1 Å². The molecule has 0 fully saturated rings. The fourth-order valence-corrected chi connectivity index (χ4v) is 2.13. The fourth-order valence-electron chi connectivity index (χ4n) is 1.94. The van der Waals surface area contributed by atoms with Crippen molar-refractivity contribution in [3.05, 3.63) is 70.7 Å². The predicted molar refractivity (Wildman–Crippen MR) is 89.7 cm³/mol. The van der Waals surface area contributed by atoms with E-state index in [1.54, 1.807) is 29.2 Å². The Morgan fingerprint density at radius 2 is 1.71 bits per heavy atom. The first-order valence-electron chi connectivity index (χ1n) is 7.29. The number of hydrogen-bond acceptors (Lipinski definition) is 1. The molecule has 0 aliphatic carbocycles. The molecule has 0 unspecified atom stereocenters. The molecule has 0 aliphatic rings. The molecule has 0 aromatic heterocycles. The van der Waals surface area contributed by atoms with Gasteiger partial charge in [-0.2, -0.15) is 0 Å². The molecule has 0 saturated carbocycles. The van der Waals surface area contributed by atoms with E-state index in [0.29, 0.717) is 23.7 Å². The lowest BCUT2D eigenvalue weighted by molar-refractivity contribution is 0.0752. The third-order valence-corrected chi connectivity index (χ3v) is 3.19. The summed E-state index contributed by atoms with van der Waals surface area (Å²) < 4.78 is 0. The highest BCUT2D eigenvalue weighted by molar-refractivity contribution is 6.30. The number of halogens is 1. The predicted octanol–water partition coefficient (Wildman–Crippen LogP) is 5.03. The summed E-state index contributed by atoms with van der Waals surface area (Å²) in [6.07, 6.45) is 0. The molecule has 2 aromatic carbocycles. The smallest absolute Gasteiger partial charge is 0.254 e. The molecule has 0 saturated heterocycles. The van der Waals surface area contributed by atoms with Crippen LogP contribution in [0.25, 0.3) is 0 Å². The Morgan fingerprint density at radius 1 is 1.05 bits per heavy atom. The lowest BCUT2D eigenvalue weighted by Crippen LogP contribution is -2.30. The van der Waals surface area contributed by atoms with Crippen LogP contribution in [0.5, 0.6) is 0 Å². The van der Waals surface area contributed by atoms with Gasteiger partial charge in [0.25, 0.3) is 5.91 Å². The summed E-state index contributed by atoms with van der Waals surface area (Å²) in [4.78, 5) is 14.2. The molecule has 0 bridgehead atoms. The number of amides is 1. The van der Waals surface area contributed by atoms with Crippen LogP contribution in [0.4, 0.5) is 0 Å². The van der Waals surface area contributed by atoms with Gasteiger partial charge in [0.15, 0.2) is 0 Å². The molecule has 21 heavy (non-hydrogen) atoms. The topological polar surface area (TPSA) is 20.3 Å². The first kappa shape index (κ1) is 17.3. The Balaban J connectivity index is 0.00000106. The highest BCUT2D eigenvalue weighted by Crippen LogP contribution is 2.14. The van der Waals surface area contributed by atoms with E-state index in [4.69, 9.17) is 11.6 Å². The van der Waals surface area contributed by atoms with E-state index in [1.165, 1.54) is 0 Å². The summed E-state index contributed by atoms with van der Waals surface area (Å²) in [6.45, 7) is 7.26. The monoisotopic (exact) mass is 303 g/mol. The van der Waals surface area contributed by atoms with Gasteiger partial charge in [0.2, 0.25) is 0 Å². The van der Waals surface area contributed by atoms with E-state index < -0.39 is 0 Å². The zero-order chi connectivity index (χ0) is 15.7. The Morgan fingerprint density at radius 3 is 2.29 bits per heavy atom. The summed E-state index contributed by atoms with van der Waals surface area (Å²) in [5, 5.41) is 0.585. The number of nitrogens with zero attached hydrogens (tertiary/aromatic N) is 1. The average Bonchev–Trinajstić information content (AvgIpc) is 2.55. The third kappa shape index (κ3) is 5.24. The van der Waals surface area contributed by atoms with Crippen molar-refractivity contribution in [1.29, 1.82) is 0 Å². The second-order valence-corrected chi connectivity index (χ2v) is 4.75. The molecular weight excluding hydrogens is 282 g/mol. The summed E-state index contributed by atoms with van der Waals surface area (Å²) in [5.41, 5.74) is 1.75. The van der Waals surface area contributed by atoms with E-state index in [-0.39, 0.29) is 5.91 Å². The summed E-state index contributed by atoms with van der Waals surface area (Å²) in [7, 11) is 0. The Bertz CT molecular complexity index is 554. The van der Waals surface area contributed by atoms with Gasteiger partial charge >= 0.3 is 0 Å². The van der Waals surface area contributed by atoms with Crippen molar-refractivity contribution in [2.24, 2.45) is 0 Å². The molecule has 0 aliphatic heterocycles. The van der Waals surface area contributed by atoms with Gasteiger partial charge in [0.1, 0.15) is 0 Å². The van der Waals surface area contributed by atoms with Gasteiger partial charge in [0.05, 0.1) is 0 Å². The Hall–Kier alpha value is -1.80. The van der Waals surface area contributed by atoms with Crippen LogP contribution in [0.3, 0.4) is 0 Å². The van der Waals surface area contributed by atoms with Crippen LogP contribution in [0, 0.1) is 0 Å². The zero-order valence-corrected chi connectivity index (χ0v) is 13.6. The summed E-state index contributed by atoms with van der Waals surface area (Å²) in [5.74, 6) is 0.00820. The van der Waals surface area contributed by atoms with Crippen molar-refractivity contribution in [3.63, 3.8) is 0 Å². The minimum absolute atomic E-state index is 0.00820. The quantitative estimate of drug-likeness (QED) is 0.776. The van der Waals surface area contributed by atoms with Crippen molar-refractivity contribution >= 4 is 17.5 Å². The highest BCUT2D eigenvalue weighted by Gasteiger charge is 2.14. The second-order valence-electron chi connectivity index (χ2n) is 4.32. The lowest BCUT2D eigenvalue weighted by atomic mass is 10.1. The van der Waals surface area contributed by atoms with E-state index in [0.717, 1.165) is 5.56 Å². The maximum atomic E-state index is 12.4. The lowest BCUT2D eigenvalue weighted by Gasteiger charge is -2.21. The van der Waals surface area contributed by atoms with Crippen LogP contribution >= 0.6 is 11.6 Å². The van der Waals surface area contributed by atoms with E-state index in [9.17, 15) is 4.79 Å². The van der Waals surface area contributed by atoms with Crippen LogP contribution in [0.1, 0.15) is 36.7 Å². The Kier molecular flexibility index (Phi) is 7.55. The van der Waals surface area contributed by atoms with Crippen LogP contribution in [0.2, 0.25) is 5.02 Å². The number of benzene rings is 2. The van der Waals surface area contributed by atoms with Gasteiger partial charge in [-0.05, 0) is 30.7 Å². The average molecular weight is 304 g/mol. The van der Waals surface area contributed by atoms with Crippen LogP contribution in [0.15, 0.2) is 54.6 Å². The van der Waals surface area contributed by atoms with Crippen molar-refractivity contribution in [3.8, 4) is 0 Å². The van der Waals surface area contributed by atoms with Gasteiger partial charge < -0.3 is 4.90 Å². The molecule has 1 amide bonds. The Labute approximate surface area is 132 Å². The minimum Gasteiger partial charge on any atom is -0.335 e. The zero-order valence-electron chi connectivity index (χ0n) is 12.8. The van der Waals surface area contributed by atoms with Gasteiger partial charge in [-0.1, -0.05) is 61.8 Å². The largest absolute Gasteiger partial charge is 0.335 e. The molecular formula is C18H22ClNO. The SMILES string of the molecule is CC.CCN(Cc1ccccc1)C(=O)c1cccc(Cl)c1. The van der Waals surface area contributed by atoms with Gasteiger partial charge in [-0.3, -0.25) is 4.79 Å². The number of carbonyl (C=O) groups excluding carboxylic acids is 1. The number of hydrogen-bond donors (Lipinski definition) is 0. The second kappa shape index (κ2) is 9.19. The van der Waals surface area contributed by atoms with Gasteiger partial charge in [-0.15, -0.1) is 0 Å². The molecule has 0 N–H and O–H groups in total. The molecule has 2 nitrogen and oxygen atoms in total. The molecule has 2 aromatic rings. The normalized spacial score (nSPS) is 9.52. The molecule has 0 spiro atoms. The molecule has 0 radical (unpaired) electrons. The maximum Gasteiger partial charge on any atom is 0.254 e. The molecule has 2 rings (SSSR count). The van der Waals surface area contributed by atoms with E-state index in [2.05, 4.69) is 0 Å². The molecule has 3 heteroatoms. The van der Waals surface area contributed by atoms with Crippen LogP contribution in [-0.4, -0.2) is 17.4 Å². The summed E-state index contributed by atoms with van der Waals surface area (Å²) >= 11 is 5.93. The van der Waals surface area contributed by atoms with Crippen molar-refractivity contribution in [2.45, 2.75) is 27.3 Å². The van der Waals surface area contributed by atoms with Crippen molar-refractivity contribution < 1.29 is 4.79 Å². The van der Waals surface area contributed by atoms with Gasteiger partial charge in [0, 0.05) is 23.7 Å². The van der Waals surface area contributed by atoms with Crippen LogP contribution < -0.4 is 0 Å². The van der Waals surface area contributed by atoms with E-state index >= 15 is 0 Å². The fraction of sp³-hybridized carbons (Fsp3) is 0.278. The standard InChI is InChI=1S/C16H16ClNO.C2H6/c1-2-18(12-13-7-4-3-5-8-13)16(19)14-9-6-10-15(17)11-14;1-2/h3-11H,2,12H2,1H3;1-2H3. The minimum atomic E-state index is 0.00820. The van der Waals surface area contributed by atoms with Crippen LogP contribution in [-0.2, 0) is 6.54 Å². The summed E-state index contributed by atoms with van der Waals surface area (Å²) in [6, 6.07) is 17.0. The first-order valence-corrected chi connectivity index (χ1v) is 7.67. The first-order chi connectivity index (χ1) is 10.2. The molecule has 0 atom stereocenters. The molecule has 0 heterocycles. The number of rotatable bonds is 4. The number of carbonyl (C=O) groups is 1. The van der Waals surface area contributed by atoms with Crippen molar-refractivity contribution in [1.82, 2.24) is 4.90 Å². The van der Waals surface area contributed by atoms with Crippen molar-refractivity contribution in [2.75, 3.05) is 6.54 Å². The maximum absolute atomic E-state index is 12.4. The highest BCUT2D eigenvalue weighted by atomic mass is 35.5. The molecule has 112 valence electrons. The third-order valence-electron chi connectivity index (χ3n) is 2.96.